The summed E-state index contributed by atoms with van der Waals surface area (Å²) in [6.07, 6.45) is 2.49. The van der Waals surface area contributed by atoms with Crippen LogP contribution in [0.15, 0.2) is 67.0 Å². The van der Waals surface area contributed by atoms with Crippen LogP contribution in [0.25, 0.3) is 0 Å². The SMILES string of the molecule is CCOC(=O)N1C(C(=O)NC(Cc2ccc(NC(=O)c3c(Cl)cccc3Cl)cc2)C(=O)O)CSC1c1ccncc1. The molecule has 13 heteroatoms. The second-order valence-electron chi connectivity index (χ2n) is 8.94. The van der Waals surface area contributed by atoms with E-state index >= 15 is 0 Å². The predicted octanol–water partition coefficient (Wildman–Crippen LogP) is 5.03. The van der Waals surface area contributed by atoms with Gasteiger partial charge in [-0.3, -0.25) is 19.5 Å². The monoisotopic (exact) mass is 616 g/mol. The normalized spacial score (nSPS) is 17.0. The van der Waals surface area contributed by atoms with E-state index in [9.17, 15) is 24.3 Å². The number of amides is 3. The molecule has 1 aromatic heterocycles. The number of hydrogen-bond acceptors (Lipinski definition) is 7. The maximum atomic E-state index is 13.3. The molecule has 2 aromatic carbocycles. The van der Waals surface area contributed by atoms with E-state index in [0.29, 0.717) is 11.3 Å². The summed E-state index contributed by atoms with van der Waals surface area (Å²) in [5.74, 6) is -2.07. The Bertz CT molecular complexity index is 1410. The van der Waals surface area contributed by atoms with Crippen LogP contribution >= 0.6 is 35.0 Å². The van der Waals surface area contributed by atoms with E-state index in [-0.39, 0.29) is 34.4 Å². The molecule has 1 saturated heterocycles. The van der Waals surface area contributed by atoms with Gasteiger partial charge in [0.05, 0.1) is 22.2 Å². The van der Waals surface area contributed by atoms with E-state index in [1.165, 1.54) is 16.7 Å². The van der Waals surface area contributed by atoms with Crippen LogP contribution in [0.4, 0.5) is 10.5 Å². The number of anilines is 1. The van der Waals surface area contributed by atoms with Gasteiger partial charge in [0.25, 0.3) is 5.91 Å². The van der Waals surface area contributed by atoms with Crippen LogP contribution in [0.2, 0.25) is 10.0 Å². The Balaban J connectivity index is 1.44. The summed E-state index contributed by atoms with van der Waals surface area (Å²) in [7, 11) is 0. The molecule has 4 rings (SSSR count). The number of carboxylic acids is 1. The molecule has 0 bridgehead atoms. The Morgan fingerprint density at radius 3 is 2.34 bits per heavy atom. The number of benzene rings is 2. The van der Waals surface area contributed by atoms with E-state index in [2.05, 4.69) is 15.6 Å². The first kappa shape index (κ1) is 30.2. The van der Waals surface area contributed by atoms with Crippen LogP contribution in [-0.2, 0) is 20.7 Å². The number of hydrogen-bond donors (Lipinski definition) is 3. The van der Waals surface area contributed by atoms with Gasteiger partial charge >= 0.3 is 12.1 Å². The minimum absolute atomic E-state index is 0.0291. The average Bonchev–Trinajstić information content (AvgIpc) is 3.40. The van der Waals surface area contributed by atoms with Gasteiger partial charge in [0.1, 0.15) is 17.5 Å². The highest BCUT2D eigenvalue weighted by atomic mass is 35.5. The minimum Gasteiger partial charge on any atom is -0.480 e. The third-order valence-electron chi connectivity index (χ3n) is 6.23. The Kier molecular flexibility index (Phi) is 10.1. The molecule has 3 N–H and O–H groups in total. The summed E-state index contributed by atoms with van der Waals surface area (Å²) in [5, 5.41) is 15.1. The highest BCUT2D eigenvalue weighted by Gasteiger charge is 2.44. The summed E-state index contributed by atoms with van der Waals surface area (Å²) in [4.78, 5) is 56.2. The van der Waals surface area contributed by atoms with E-state index in [0.717, 1.165) is 5.56 Å². The van der Waals surface area contributed by atoms with Crippen molar-refractivity contribution in [3.05, 3.63) is 93.7 Å². The zero-order chi connectivity index (χ0) is 29.5. The van der Waals surface area contributed by atoms with Crippen LogP contribution in [0.5, 0.6) is 0 Å². The van der Waals surface area contributed by atoms with Gasteiger partial charge in [0.15, 0.2) is 0 Å². The van der Waals surface area contributed by atoms with E-state index in [1.54, 1.807) is 73.9 Å². The van der Waals surface area contributed by atoms with E-state index in [1.807, 2.05) is 0 Å². The first-order valence-electron chi connectivity index (χ1n) is 12.5. The topological polar surface area (TPSA) is 138 Å². The fourth-order valence-electron chi connectivity index (χ4n) is 4.25. The van der Waals surface area contributed by atoms with E-state index in [4.69, 9.17) is 27.9 Å². The number of halogens is 2. The zero-order valence-corrected chi connectivity index (χ0v) is 24.1. The summed E-state index contributed by atoms with van der Waals surface area (Å²) < 4.78 is 5.20. The second kappa shape index (κ2) is 13.7. The average molecular weight is 618 g/mol. The number of rotatable bonds is 9. The van der Waals surface area contributed by atoms with Crippen molar-refractivity contribution < 1.29 is 29.0 Å². The van der Waals surface area contributed by atoms with Gasteiger partial charge in [-0.25, -0.2) is 9.59 Å². The van der Waals surface area contributed by atoms with Crippen LogP contribution in [0.1, 0.15) is 33.8 Å². The van der Waals surface area contributed by atoms with Crippen molar-refractivity contribution in [2.75, 3.05) is 17.7 Å². The largest absolute Gasteiger partial charge is 0.480 e. The third kappa shape index (κ3) is 7.29. The molecule has 3 aromatic rings. The van der Waals surface area contributed by atoms with E-state index < -0.39 is 41.3 Å². The summed E-state index contributed by atoms with van der Waals surface area (Å²) in [6.45, 7) is 1.79. The molecule has 1 aliphatic rings. The second-order valence-corrected chi connectivity index (χ2v) is 10.9. The van der Waals surface area contributed by atoms with Crippen molar-refractivity contribution in [3.8, 4) is 0 Å². The van der Waals surface area contributed by atoms with Gasteiger partial charge in [0, 0.05) is 30.3 Å². The number of carbonyl (C=O) groups excluding carboxylic acids is 3. The number of ether oxygens (including phenoxy) is 1. The van der Waals surface area contributed by atoms with Gasteiger partial charge < -0.3 is 20.5 Å². The Labute approximate surface area is 250 Å². The highest BCUT2D eigenvalue weighted by Crippen LogP contribution is 2.41. The van der Waals surface area contributed by atoms with Crippen LogP contribution < -0.4 is 10.6 Å². The maximum absolute atomic E-state index is 13.3. The van der Waals surface area contributed by atoms with Crippen molar-refractivity contribution in [2.45, 2.75) is 30.8 Å². The Morgan fingerprint density at radius 1 is 1.07 bits per heavy atom. The van der Waals surface area contributed by atoms with Crippen molar-refractivity contribution in [1.29, 1.82) is 0 Å². The van der Waals surface area contributed by atoms with Crippen LogP contribution in [0, 0.1) is 0 Å². The lowest BCUT2D eigenvalue weighted by Gasteiger charge is -2.28. The standard InChI is InChI=1S/C28H26Cl2N4O6S/c1-2-40-28(39)34-22(15-41-26(34)17-10-12-31-13-11-17)24(35)33-21(27(37)38)14-16-6-8-18(9-7-16)32-25(36)23-19(29)4-3-5-20(23)30/h3-13,21-22,26H,2,14-15H2,1H3,(H,32,36)(H,33,35)(H,37,38). The highest BCUT2D eigenvalue weighted by molar-refractivity contribution is 7.99. The molecule has 0 saturated carbocycles. The molecular weight excluding hydrogens is 591 g/mol. The molecule has 2 heterocycles. The number of carboxylic acid groups (broad SMARTS) is 1. The van der Waals surface area contributed by atoms with Crippen molar-refractivity contribution in [3.63, 3.8) is 0 Å². The molecule has 41 heavy (non-hydrogen) atoms. The minimum atomic E-state index is -1.26. The molecule has 0 spiro atoms. The molecule has 3 unspecified atom stereocenters. The van der Waals surface area contributed by atoms with Gasteiger partial charge in [-0.05, 0) is 54.4 Å². The number of aliphatic carboxylic acids is 1. The smallest absolute Gasteiger partial charge is 0.411 e. The van der Waals surface area contributed by atoms with Gasteiger partial charge in [-0.2, -0.15) is 0 Å². The first-order valence-corrected chi connectivity index (χ1v) is 14.3. The lowest BCUT2D eigenvalue weighted by atomic mass is 10.0. The summed E-state index contributed by atoms with van der Waals surface area (Å²) in [6, 6.07) is 12.5. The quantitative estimate of drug-likeness (QED) is 0.304. The molecule has 3 atom stereocenters. The fraction of sp³-hybridized carbons (Fsp3) is 0.250. The number of carbonyl (C=O) groups is 4. The maximum Gasteiger partial charge on any atom is 0.411 e. The number of nitrogens with one attached hydrogen (secondary N) is 2. The molecule has 0 radical (unpaired) electrons. The lowest BCUT2D eigenvalue weighted by molar-refractivity contribution is -0.142. The number of thioether (sulfide) groups is 1. The molecule has 0 aliphatic carbocycles. The number of pyridine rings is 1. The molecular formula is C28H26Cl2N4O6S. The van der Waals surface area contributed by atoms with Crippen LogP contribution in [-0.4, -0.2) is 63.3 Å². The zero-order valence-electron chi connectivity index (χ0n) is 21.8. The van der Waals surface area contributed by atoms with Gasteiger partial charge in [-0.1, -0.05) is 41.4 Å². The van der Waals surface area contributed by atoms with Crippen molar-refractivity contribution in [1.82, 2.24) is 15.2 Å². The Hall–Kier alpha value is -3.80. The molecule has 3 amide bonds. The number of aromatic nitrogens is 1. The third-order valence-corrected chi connectivity index (χ3v) is 8.18. The molecule has 1 aliphatic heterocycles. The van der Waals surface area contributed by atoms with Gasteiger partial charge in [0.2, 0.25) is 5.91 Å². The lowest BCUT2D eigenvalue weighted by Crippen LogP contribution is -2.52. The van der Waals surface area contributed by atoms with Crippen LogP contribution in [0.3, 0.4) is 0 Å². The van der Waals surface area contributed by atoms with Crippen molar-refractivity contribution >= 4 is 64.5 Å². The number of nitrogens with zero attached hydrogens (tertiary/aromatic N) is 2. The first-order chi connectivity index (χ1) is 19.7. The van der Waals surface area contributed by atoms with Crippen molar-refractivity contribution in [2.24, 2.45) is 0 Å². The predicted molar refractivity (Wildman–Crippen MR) is 156 cm³/mol. The van der Waals surface area contributed by atoms with Gasteiger partial charge in [-0.15, -0.1) is 11.8 Å². The Morgan fingerprint density at radius 2 is 1.73 bits per heavy atom. The molecule has 1 fully saturated rings. The molecule has 214 valence electrons. The fourth-order valence-corrected chi connectivity index (χ4v) is 6.24. The summed E-state index contributed by atoms with van der Waals surface area (Å²) in [5.41, 5.74) is 1.96. The molecule has 10 nitrogen and oxygen atoms in total. The summed E-state index contributed by atoms with van der Waals surface area (Å²) >= 11 is 13.6.